The first-order valence-corrected chi connectivity index (χ1v) is 37.2. The van der Waals surface area contributed by atoms with Gasteiger partial charge >= 0.3 is 0 Å². The summed E-state index contributed by atoms with van der Waals surface area (Å²) in [5, 5.41) is 87.4. The van der Waals surface area contributed by atoms with Gasteiger partial charge in [0, 0.05) is 6.42 Å². The molecule has 0 aromatic rings. The molecule has 2 saturated heterocycles. The van der Waals surface area contributed by atoms with E-state index in [9.17, 15) is 45.6 Å². The molecule has 0 saturated carbocycles. The van der Waals surface area contributed by atoms with Crippen molar-refractivity contribution in [1.82, 2.24) is 5.32 Å². The largest absolute Gasteiger partial charge is 0.394 e. The van der Waals surface area contributed by atoms with Gasteiger partial charge in [-0.3, -0.25) is 4.79 Å². The third-order valence-corrected chi connectivity index (χ3v) is 18.3. The number of carbonyl (C=O) groups is 1. The minimum atomic E-state index is -1.79. The Labute approximate surface area is 538 Å². The third-order valence-electron chi connectivity index (χ3n) is 18.3. The second-order valence-electron chi connectivity index (χ2n) is 26.4. The van der Waals surface area contributed by atoms with E-state index < -0.39 is 86.8 Å². The van der Waals surface area contributed by atoms with Crippen LogP contribution in [-0.2, 0) is 23.7 Å². The van der Waals surface area contributed by atoms with Gasteiger partial charge in [0.15, 0.2) is 12.6 Å². The van der Waals surface area contributed by atoms with Crippen LogP contribution in [0.15, 0.2) is 36.5 Å². The van der Waals surface area contributed by atoms with Crippen molar-refractivity contribution in [3.63, 3.8) is 0 Å². The van der Waals surface area contributed by atoms with E-state index in [2.05, 4.69) is 43.5 Å². The maximum Gasteiger partial charge on any atom is 0.220 e. The van der Waals surface area contributed by atoms with Gasteiger partial charge in [0.05, 0.1) is 32.0 Å². The first-order chi connectivity index (χ1) is 43.1. The van der Waals surface area contributed by atoms with Crippen LogP contribution in [0.25, 0.3) is 0 Å². The molecule has 2 rings (SSSR count). The number of unbranched alkanes of at least 4 members (excludes halogenated alkanes) is 45. The lowest BCUT2D eigenvalue weighted by Crippen LogP contribution is -2.65. The Morgan fingerprint density at radius 3 is 1.11 bits per heavy atom. The van der Waals surface area contributed by atoms with Crippen LogP contribution in [0.4, 0.5) is 0 Å². The van der Waals surface area contributed by atoms with E-state index in [1.54, 1.807) is 6.08 Å². The summed E-state index contributed by atoms with van der Waals surface area (Å²) in [6.45, 7) is 2.82. The van der Waals surface area contributed by atoms with Gasteiger partial charge in [-0.15, -0.1) is 0 Å². The van der Waals surface area contributed by atoms with Crippen LogP contribution in [0.3, 0.4) is 0 Å². The van der Waals surface area contributed by atoms with Crippen LogP contribution in [0, 0.1) is 0 Å². The Hall–Kier alpha value is -1.79. The maximum atomic E-state index is 13.3. The second-order valence-corrected chi connectivity index (χ2v) is 26.4. The number of carbonyl (C=O) groups excluding carboxylic acids is 1. The molecule has 2 aliphatic rings. The maximum absolute atomic E-state index is 13.3. The summed E-state index contributed by atoms with van der Waals surface area (Å²) in [4.78, 5) is 13.3. The molecular weight excluding hydrogens is 1110 g/mol. The first kappa shape index (κ1) is 82.3. The Morgan fingerprint density at radius 2 is 0.727 bits per heavy atom. The fraction of sp³-hybridized carbons (Fsp3) is 0.905. The highest BCUT2D eigenvalue weighted by Crippen LogP contribution is 2.30. The van der Waals surface area contributed by atoms with E-state index in [4.69, 9.17) is 18.9 Å². The van der Waals surface area contributed by atoms with E-state index in [0.29, 0.717) is 12.8 Å². The van der Waals surface area contributed by atoms with E-state index in [1.807, 2.05) is 6.08 Å². The molecule has 0 aliphatic carbocycles. The average Bonchev–Trinajstić information content (AvgIpc) is 1.73. The molecule has 88 heavy (non-hydrogen) atoms. The van der Waals surface area contributed by atoms with Gasteiger partial charge in [0.2, 0.25) is 5.91 Å². The number of ether oxygens (including phenoxy) is 4. The van der Waals surface area contributed by atoms with E-state index in [-0.39, 0.29) is 18.9 Å². The Balaban J connectivity index is 1.63. The minimum absolute atomic E-state index is 0.246. The van der Waals surface area contributed by atoms with Crippen molar-refractivity contribution < 1.29 is 64.6 Å². The van der Waals surface area contributed by atoms with Gasteiger partial charge in [-0.25, -0.2) is 0 Å². The number of aliphatic hydroxyl groups excluding tert-OH is 8. The molecule has 2 fully saturated rings. The predicted molar refractivity (Wildman–Crippen MR) is 360 cm³/mol. The second kappa shape index (κ2) is 59.0. The topological polar surface area (TPSA) is 228 Å². The molecule has 14 nitrogen and oxygen atoms in total. The number of amides is 1. The van der Waals surface area contributed by atoms with E-state index in [0.717, 1.165) is 44.9 Å². The zero-order valence-corrected chi connectivity index (χ0v) is 56.5. The van der Waals surface area contributed by atoms with Gasteiger partial charge in [-0.05, 0) is 44.9 Å². The highest BCUT2D eigenvalue weighted by Gasteiger charge is 2.51. The van der Waals surface area contributed by atoms with Crippen molar-refractivity contribution in [3.05, 3.63) is 36.5 Å². The third kappa shape index (κ3) is 42.4. The molecule has 14 heteroatoms. The van der Waals surface area contributed by atoms with E-state index >= 15 is 0 Å². The molecule has 0 bridgehead atoms. The fourth-order valence-corrected chi connectivity index (χ4v) is 12.4. The Kier molecular flexibility index (Phi) is 55.2. The Morgan fingerprint density at radius 1 is 0.398 bits per heavy atom. The molecule has 12 atom stereocenters. The van der Waals surface area contributed by atoms with Crippen molar-refractivity contribution in [2.24, 2.45) is 0 Å². The van der Waals surface area contributed by atoms with Gasteiger partial charge in [-0.1, -0.05) is 320 Å². The molecule has 1 amide bonds. The molecular formula is C74H139NO13. The molecule has 0 spiro atoms. The number of hydrogen-bond donors (Lipinski definition) is 9. The number of rotatable bonds is 62. The van der Waals surface area contributed by atoms with Crippen molar-refractivity contribution in [2.75, 3.05) is 19.8 Å². The summed E-state index contributed by atoms with van der Waals surface area (Å²) in [5.41, 5.74) is 0. The van der Waals surface area contributed by atoms with Crippen LogP contribution in [-0.4, -0.2) is 140 Å². The normalized spacial score (nSPS) is 23.3. The van der Waals surface area contributed by atoms with Crippen LogP contribution >= 0.6 is 0 Å². The number of nitrogens with one attached hydrogen (secondary N) is 1. The van der Waals surface area contributed by atoms with Crippen molar-refractivity contribution >= 4 is 5.91 Å². The van der Waals surface area contributed by atoms with Gasteiger partial charge < -0.3 is 65.1 Å². The van der Waals surface area contributed by atoms with Gasteiger partial charge in [-0.2, -0.15) is 0 Å². The van der Waals surface area contributed by atoms with Crippen LogP contribution in [0.1, 0.15) is 335 Å². The average molecular weight is 1250 g/mol. The quantitative estimate of drug-likeness (QED) is 0.0204. The molecule has 2 aliphatic heterocycles. The zero-order chi connectivity index (χ0) is 63.8. The molecule has 518 valence electrons. The number of aliphatic hydroxyl groups is 8. The number of hydrogen-bond acceptors (Lipinski definition) is 13. The highest BCUT2D eigenvalue weighted by atomic mass is 16.7. The van der Waals surface area contributed by atoms with Crippen LogP contribution < -0.4 is 5.32 Å². The SMILES string of the molecule is CCCCCCCCCCCC/C=C/CC/C=C/CC/C=C/C(O)C(COC1OC(CO)C(OC2OC(CO)C(O)C(O)C2O)C(O)C1O)NC(=O)CCCCCCCCCCCCCCCCCCCCCCCCCCCCCCCCCCCC. The smallest absolute Gasteiger partial charge is 0.220 e. The monoisotopic (exact) mass is 1250 g/mol. The lowest BCUT2D eigenvalue weighted by atomic mass is 9.97. The summed E-state index contributed by atoms with van der Waals surface area (Å²) in [5.74, 6) is -0.246. The highest BCUT2D eigenvalue weighted by molar-refractivity contribution is 5.76. The van der Waals surface area contributed by atoms with Crippen molar-refractivity contribution in [2.45, 2.75) is 408 Å². The van der Waals surface area contributed by atoms with Crippen LogP contribution in [0.2, 0.25) is 0 Å². The van der Waals surface area contributed by atoms with E-state index in [1.165, 1.54) is 257 Å². The van der Waals surface area contributed by atoms with Crippen molar-refractivity contribution in [1.29, 1.82) is 0 Å². The number of allylic oxidation sites excluding steroid dienone is 5. The van der Waals surface area contributed by atoms with Gasteiger partial charge in [0.25, 0.3) is 0 Å². The Bertz CT molecular complexity index is 1620. The minimum Gasteiger partial charge on any atom is -0.394 e. The standard InChI is InChI=1S/C74H139NO13/c1-3-5-7-9-11-13-15-17-19-21-23-25-26-27-28-29-30-31-32-33-34-35-36-37-38-40-42-44-46-48-50-52-54-56-58-66(79)75-62(63(78)57-55-53-51-49-47-45-43-41-39-24-22-20-18-16-14-12-10-8-6-4-2)61-85-73-71(84)69(82)72(65(60-77)87-73)88-74-70(83)68(81)67(80)64(59-76)86-74/h39,41,47,49,55,57,62-65,67-74,76-78,80-84H,3-38,40,42-46,48,50-54,56,58-61H2,1-2H3,(H,75,79)/b41-39+,49-47+,57-55+. The molecule has 2 heterocycles. The summed E-state index contributed by atoms with van der Waals surface area (Å²) in [6.07, 6.45) is 59.4. The lowest BCUT2D eigenvalue weighted by Gasteiger charge is -2.46. The predicted octanol–water partition coefficient (Wildman–Crippen LogP) is 15.7. The summed E-state index contributed by atoms with van der Waals surface area (Å²) < 4.78 is 22.8. The zero-order valence-electron chi connectivity index (χ0n) is 56.5. The first-order valence-electron chi connectivity index (χ1n) is 37.2. The summed E-state index contributed by atoms with van der Waals surface area (Å²) >= 11 is 0. The van der Waals surface area contributed by atoms with Crippen LogP contribution in [0.5, 0.6) is 0 Å². The molecule has 0 radical (unpaired) electrons. The molecule has 12 unspecified atom stereocenters. The summed E-state index contributed by atoms with van der Waals surface area (Å²) in [7, 11) is 0. The lowest BCUT2D eigenvalue weighted by molar-refractivity contribution is -0.359. The molecule has 9 N–H and O–H groups in total. The van der Waals surface area contributed by atoms with Gasteiger partial charge in [0.1, 0.15) is 48.8 Å². The van der Waals surface area contributed by atoms with Crippen molar-refractivity contribution in [3.8, 4) is 0 Å². The fourth-order valence-electron chi connectivity index (χ4n) is 12.4. The summed E-state index contributed by atoms with van der Waals surface area (Å²) in [6, 6.07) is -0.937. The molecule has 0 aromatic carbocycles. The molecule has 0 aromatic heterocycles.